The van der Waals surface area contributed by atoms with Crippen LogP contribution in [0.25, 0.3) is 0 Å². The number of carbonyl (C=O) groups excluding carboxylic acids is 1. The molecule has 1 N–H and O–H groups in total. The third-order valence-corrected chi connectivity index (χ3v) is 5.82. The van der Waals surface area contributed by atoms with E-state index >= 15 is 0 Å². The van der Waals surface area contributed by atoms with Crippen LogP contribution in [0, 0.1) is 5.92 Å². The van der Waals surface area contributed by atoms with Crippen molar-refractivity contribution in [3.8, 4) is 0 Å². The Bertz CT molecular complexity index is 601. The Balaban J connectivity index is 0.00000225. The third-order valence-electron chi connectivity index (χ3n) is 5.57. The summed E-state index contributed by atoms with van der Waals surface area (Å²) in [5.41, 5.74) is -0.976. The van der Waals surface area contributed by atoms with Gasteiger partial charge in [-0.1, -0.05) is 36.6 Å². The smallest absolute Gasteiger partial charge is 0.343 e. The molecule has 3 rings (SSSR count). The largest absolute Gasteiger partial charge is 1.00 e. The van der Waals surface area contributed by atoms with Crippen LogP contribution in [0.1, 0.15) is 37.7 Å². The van der Waals surface area contributed by atoms with Crippen molar-refractivity contribution < 1.29 is 36.1 Å². The molecule has 1 saturated carbocycles. The van der Waals surface area contributed by atoms with Crippen LogP contribution in [-0.2, 0) is 15.1 Å². The van der Waals surface area contributed by atoms with Gasteiger partial charge in [0, 0.05) is 17.4 Å². The zero-order valence-electron chi connectivity index (χ0n) is 14.9. The molecule has 25 heavy (non-hydrogen) atoms. The van der Waals surface area contributed by atoms with Crippen LogP contribution in [0.4, 0.5) is 0 Å². The fraction of sp³-hybridized carbons (Fsp3) is 0.632. The zero-order valence-corrected chi connectivity index (χ0v) is 17.2. The number of carbonyl (C=O) groups is 1. The average Bonchev–Trinajstić information content (AvgIpc) is 3.17. The van der Waals surface area contributed by atoms with Crippen LogP contribution in [0.5, 0.6) is 0 Å². The molecule has 4 nitrogen and oxygen atoms in total. The fourth-order valence-electron chi connectivity index (χ4n) is 4.13. The quantitative estimate of drug-likeness (QED) is 0.543. The maximum Gasteiger partial charge on any atom is 0.343 e. The van der Waals surface area contributed by atoms with E-state index in [1.165, 1.54) is 0 Å². The summed E-state index contributed by atoms with van der Waals surface area (Å²) < 4.78 is 6.62. The number of likely N-dealkylation sites (N-methyl/N-ethyl adjacent to an activating group) is 1. The Hall–Kier alpha value is -0.620. The molecule has 0 radical (unpaired) electrons. The number of aliphatic hydroxyl groups is 1. The molecule has 0 bridgehead atoms. The first-order valence-corrected chi connectivity index (χ1v) is 9.20. The van der Waals surface area contributed by atoms with E-state index in [-0.39, 0.29) is 29.0 Å². The predicted octanol–water partition coefficient (Wildman–Crippen LogP) is 0.114. The van der Waals surface area contributed by atoms with E-state index < -0.39 is 11.6 Å². The normalized spacial score (nSPS) is 25.2. The summed E-state index contributed by atoms with van der Waals surface area (Å²) in [6, 6.07) is 6.94. The molecule has 0 spiro atoms. The maximum atomic E-state index is 13.0. The number of ether oxygens (including phenoxy) is 1. The molecule has 2 atom stereocenters. The molecule has 1 heterocycles. The number of nitrogens with zero attached hydrogens (tertiary/aromatic N) is 1. The van der Waals surface area contributed by atoms with Crippen LogP contribution in [-0.4, -0.2) is 48.8 Å². The molecule has 140 valence electrons. The van der Waals surface area contributed by atoms with Crippen molar-refractivity contribution in [2.24, 2.45) is 5.92 Å². The van der Waals surface area contributed by atoms with Gasteiger partial charge < -0.3 is 31.3 Å². The number of hydrogen-bond acceptors (Lipinski definition) is 3. The molecular formula is C19H27BrClNO3. The fourth-order valence-corrected chi connectivity index (χ4v) is 4.26. The van der Waals surface area contributed by atoms with Gasteiger partial charge in [-0.3, -0.25) is 0 Å². The van der Waals surface area contributed by atoms with Gasteiger partial charge in [0.25, 0.3) is 0 Å². The highest BCUT2D eigenvalue weighted by molar-refractivity contribution is 6.30. The molecular weight excluding hydrogens is 406 g/mol. The van der Waals surface area contributed by atoms with Crippen molar-refractivity contribution in [1.29, 1.82) is 0 Å². The second kappa shape index (κ2) is 7.95. The third kappa shape index (κ3) is 4.38. The van der Waals surface area contributed by atoms with E-state index in [0.29, 0.717) is 10.6 Å². The molecule has 1 aliphatic heterocycles. The number of hydrogen-bond donors (Lipinski definition) is 1. The number of likely N-dealkylation sites (tertiary alicyclic amines) is 1. The lowest BCUT2D eigenvalue weighted by molar-refractivity contribution is -0.879. The topological polar surface area (TPSA) is 46.5 Å². The minimum atomic E-state index is -1.57. The van der Waals surface area contributed by atoms with Gasteiger partial charge in [-0.25, -0.2) is 4.79 Å². The van der Waals surface area contributed by atoms with Crippen LogP contribution < -0.4 is 17.0 Å². The first-order chi connectivity index (χ1) is 11.3. The highest BCUT2D eigenvalue weighted by Crippen LogP contribution is 2.42. The molecule has 1 aromatic carbocycles. The SMILES string of the molecule is C[N+]1(C)CCC(OC(=O)C(O)(c2ccc(Cl)cc2)C2CCCC2)C1.[Br-]. The standard InChI is InChI=1S/C19H27ClNO3.BrH/c1-21(2)12-11-17(13-21)24-18(22)19(23,14-5-3-4-6-14)15-7-9-16(20)10-8-15;/h7-10,14,17,23H,3-6,11-13H2,1-2H3;1H/q+1;/p-1. The van der Waals surface area contributed by atoms with Crippen molar-refractivity contribution in [3.05, 3.63) is 34.9 Å². The Labute approximate surface area is 165 Å². The Morgan fingerprint density at radius 2 is 1.80 bits per heavy atom. The Kier molecular flexibility index (Phi) is 6.58. The lowest BCUT2D eigenvalue weighted by Crippen LogP contribution is -3.00. The summed E-state index contributed by atoms with van der Waals surface area (Å²) in [4.78, 5) is 13.0. The first-order valence-electron chi connectivity index (χ1n) is 8.83. The average molecular weight is 433 g/mol. The van der Waals surface area contributed by atoms with Gasteiger partial charge in [0.05, 0.1) is 20.6 Å². The second-order valence-corrected chi connectivity index (χ2v) is 8.35. The van der Waals surface area contributed by atoms with E-state index in [0.717, 1.165) is 49.7 Å². The summed E-state index contributed by atoms with van der Waals surface area (Å²) in [5, 5.41) is 12.0. The molecule has 6 heteroatoms. The highest BCUT2D eigenvalue weighted by Gasteiger charge is 2.49. The number of rotatable bonds is 4. The van der Waals surface area contributed by atoms with Crippen molar-refractivity contribution in [3.63, 3.8) is 0 Å². The summed E-state index contributed by atoms with van der Waals surface area (Å²) >= 11 is 5.97. The first kappa shape index (κ1) is 20.7. The predicted molar refractivity (Wildman–Crippen MR) is 93.6 cm³/mol. The minimum Gasteiger partial charge on any atom is -1.00 e. The van der Waals surface area contributed by atoms with E-state index in [4.69, 9.17) is 16.3 Å². The molecule has 2 aliphatic rings. The van der Waals surface area contributed by atoms with E-state index in [9.17, 15) is 9.90 Å². The summed E-state index contributed by atoms with van der Waals surface area (Å²) in [6.07, 6.45) is 4.51. The maximum absolute atomic E-state index is 13.0. The summed E-state index contributed by atoms with van der Waals surface area (Å²) in [5.74, 6) is -0.585. The summed E-state index contributed by atoms with van der Waals surface area (Å²) in [7, 11) is 4.27. The van der Waals surface area contributed by atoms with Gasteiger partial charge in [0.2, 0.25) is 0 Å². The van der Waals surface area contributed by atoms with Crippen molar-refractivity contribution in [1.82, 2.24) is 0 Å². The Morgan fingerprint density at radius 3 is 2.32 bits per heavy atom. The van der Waals surface area contributed by atoms with Crippen LogP contribution in [0.3, 0.4) is 0 Å². The molecule has 0 aromatic heterocycles. The molecule has 1 aromatic rings. The molecule has 2 fully saturated rings. The summed E-state index contributed by atoms with van der Waals surface area (Å²) in [6.45, 7) is 1.79. The van der Waals surface area contributed by atoms with Gasteiger partial charge in [0.15, 0.2) is 11.7 Å². The van der Waals surface area contributed by atoms with Gasteiger partial charge in [0.1, 0.15) is 6.54 Å². The van der Waals surface area contributed by atoms with Gasteiger partial charge in [-0.05, 0) is 30.5 Å². The molecule has 0 amide bonds. The van der Waals surface area contributed by atoms with Crippen molar-refractivity contribution in [2.75, 3.05) is 27.2 Å². The molecule has 2 unspecified atom stereocenters. The molecule has 1 aliphatic carbocycles. The lowest BCUT2D eigenvalue weighted by Gasteiger charge is -2.33. The monoisotopic (exact) mass is 431 g/mol. The van der Waals surface area contributed by atoms with E-state index in [1.54, 1.807) is 24.3 Å². The number of esters is 1. The zero-order chi connectivity index (χ0) is 17.4. The number of benzene rings is 1. The van der Waals surface area contributed by atoms with Crippen LogP contribution >= 0.6 is 11.6 Å². The van der Waals surface area contributed by atoms with Gasteiger partial charge in [-0.15, -0.1) is 0 Å². The number of halogens is 2. The Morgan fingerprint density at radius 1 is 1.20 bits per heavy atom. The van der Waals surface area contributed by atoms with E-state index in [2.05, 4.69) is 14.1 Å². The van der Waals surface area contributed by atoms with Crippen molar-refractivity contribution in [2.45, 2.75) is 43.8 Å². The van der Waals surface area contributed by atoms with Crippen LogP contribution in [0.2, 0.25) is 5.02 Å². The van der Waals surface area contributed by atoms with Crippen molar-refractivity contribution >= 4 is 17.6 Å². The minimum absolute atomic E-state index is 0. The van der Waals surface area contributed by atoms with Crippen LogP contribution in [0.15, 0.2) is 24.3 Å². The number of quaternary nitrogens is 1. The second-order valence-electron chi connectivity index (χ2n) is 7.91. The molecule has 1 saturated heterocycles. The van der Waals surface area contributed by atoms with E-state index in [1.807, 2.05) is 0 Å². The van der Waals surface area contributed by atoms with Gasteiger partial charge >= 0.3 is 5.97 Å². The lowest BCUT2D eigenvalue weighted by atomic mass is 9.80. The highest BCUT2D eigenvalue weighted by atomic mass is 79.9. The van der Waals surface area contributed by atoms with Gasteiger partial charge in [-0.2, -0.15) is 0 Å².